The first kappa shape index (κ1) is 19.5. The average Bonchev–Trinajstić information content (AvgIpc) is 2.91. The normalized spacial score (nSPS) is 13.4. The summed E-state index contributed by atoms with van der Waals surface area (Å²) >= 11 is 11.8. The fourth-order valence-electron chi connectivity index (χ4n) is 2.62. The summed E-state index contributed by atoms with van der Waals surface area (Å²) in [6.45, 7) is 1.97. The predicted octanol–water partition coefficient (Wildman–Crippen LogP) is 3.64. The predicted molar refractivity (Wildman–Crippen MR) is 100 cm³/mol. The molecule has 4 nitrogen and oxygen atoms in total. The van der Waals surface area contributed by atoms with Crippen LogP contribution in [0.4, 0.5) is 0 Å². The summed E-state index contributed by atoms with van der Waals surface area (Å²) in [5, 5.41) is 4.12. The highest BCUT2D eigenvalue weighted by Gasteiger charge is 2.14. The molecule has 8 heteroatoms. The van der Waals surface area contributed by atoms with Crippen LogP contribution in [0.5, 0.6) is 0 Å². The van der Waals surface area contributed by atoms with E-state index in [1.807, 2.05) is 18.2 Å². The van der Waals surface area contributed by atoms with E-state index in [4.69, 9.17) is 23.2 Å². The van der Waals surface area contributed by atoms with Crippen LogP contribution in [0.1, 0.15) is 22.3 Å². The summed E-state index contributed by atoms with van der Waals surface area (Å²) in [4.78, 5) is 0. The van der Waals surface area contributed by atoms with Crippen LogP contribution in [-0.2, 0) is 35.4 Å². The molecule has 2 N–H and O–H groups in total. The molecular formula is C16H17Cl3N2O2S. The number of hydrogen-bond donors (Lipinski definition) is 2. The molecule has 1 aliphatic rings. The van der Waals surface area contributed by atoms with Crippen molar-refractivity contribution in [1.29, 1.82) is 0 Å². The second-order valence-electron chi connectivity index (χ2n) is 5.56. The first-order valence-corrected chi connectivity index (χ1v) is 9.56. The number of rotatable bonds is 5. The maximum absolute atomic E-state index is 12.2. The molecule has 0 aromatic heterocycles. The monoisotopic (exact) mass is 406 g/mol. The van der Waals surface area contributed by atoms with Crippen molar-refractivity contribution in [3.8, 4) is 0 Å². The number of benzene rings is 2. The topological polar surface area (TPSA) is 58.2 Å². The van der Waals surface area contributed by atoms with Gasteiger partial charge in [-0.05, 0) is 40.5 Å². The van der Waals surface area contributed by atoms with Gasteiger partial charge in [0.2, 0.25) is 10.0 Å². The molecule has 2 aromatic rings. The van der Waals surface area contributed by atoms with Gasteiger partial charge in [0.1, 0.15) is 0 Å². The van der Waals surface area contributed by atoms with Gasteiger partial charge in [0.15, 0.2) is 0 Å². The molecule has 0 atom stereocenters. The van der Waals surface area contributed by atoms with Gasteiger partial charge in [-0.1, -0.05) is 41.4 Å². The van der Waals surface area contributed by atoms with Gasteiger partial charge in [-0.15, -0.1) is 12.4 Å². The zero-order valence-electron chi connectivity index (χ0n) is 12.7. The molecule has 24 heavy (non-hydrogen) atoms. The third-order valence-electron chi connectivity index (χ3n) is 3.68. The highest BCUT2D eigenvalue weighted by molar-refractivity contribution is 7.88. The Hall–Kier alpha value is -0.820. The van der Waals surface area contributed by atoms with Crippen molar-refractivity contribution in [2.75, 3.05) is 0 Å². The van der Waals surface area contributed by atoms with Gasteiger partial charge in [-0.2, -0.15) is 0 Å². The minimum atomic E-state index is -3.46. The molecule has 0 saturated carbocycles. The van der Waals surface area contributed by atoms with Crippen LogP contribution >= 0.6 is 35.6 Å². The van der Waals surface area contributed by atoms with Crippen molar-refractivity contribution in [2.45, 2.75) is 25.4 Å². The number of fused-ring (bicyclic) bond motifs is 1. The van der Waals surface area contributed by atoms with E-state index in [0.717, 1.165) is 18.7 Å². The highest BCUT2D eigenvalue weighted by Crippen LogP contribution is 2.21. The average molecular weight is 408 g/mol. The van der Waals surface area contributed by atoms with Gasteiger partial charge in [0.05, 0.1) is 5.75 Å². The van der Waals surface area contributed by atoms with Gasteiger partial charge in [0, 0.05) is 29.7 Å². The SMILES string of the molecule is Cl.O=S(=O)(Cc1cc(Cl)cc(Cl)c1)NCc1ccc2c(c1)CNC2. The first-order valence-electron chi connectivity index (χ1n) is 7.15. The van der Waals surface area contributed by atoms with Gasteiger partial charge < -0.3 is 5.32 Å². The third kappa shape index (κ3) is 5.09. The maximum atomic E-state index is 12.2. The minimum absolute atomic E-state index is 0. The van der Waals surface area contributed by atoms with Gasteiger partial charge in [0.25, 0.3) is 0 Å². The zero-order valence-corrected chi connectivity index (χ0v) is 15.8. The second-order valence-corrected chi connectivity index (χ2v) is 8.24. The van der Waals surface area contributed by atoms with Crippen molar-refractivity contribution in [1.82, 2.24) is 10.0 Å². The van der Waals surface area contributed by atoms with Crippen molar-refractivity contribution >= 4 is 45.6 Å². The van der Waals surface area contributed by atoms with Crippen molar-refractivity contribution in [2.24, 2.45) is 0 Å². The molecule has 3 rings (SSSR count). The lowest BCUT2D eigenvalue weighted by Gasteiger charge is -2.09. The minimum Gasteiger partial charge on any atom is -0.309 e. The number of nitrogens with one attached hydrogen (secondary N) is 2. The van der Waals surface area contributed by atoms with E-state index in [-0.39, 0.29) is 24.7 Å². The van der Waals surface area contributed by atoms with Gasteiger partial charge >= 0.3 is 0 Å². The number of hydrogen-bond acceptors (Lipinski definition) is 3. The van der Waals surface area contributed by atoms with Gasteiger partial charge in [-0.25, -0.2) is 13.1 Å². The molecule has 1 heterocycles. The molecule has 0 unspecified atom stereocenters. The quantitative estimate of drug-likeness (QED) is 0.795. The Morgan fingerprint density at radius 2 is 1.62 bits per heavy atom. The van der Waals surface area contributed by atoms with Crippen molar-refractivity contribution < 1.29 is 8.42 Å². The summed E-state index contributed by atoms with van der Waals surface area (Å²) in [6, 6.07) is 10.8. The smallest absolute Gasteiger partial charge is 0.216 e. The summed E-state index contributed by atoms with van der Waals surface area (Å²) < 4.78 is 27.1. The molecule has 0 radical (unpaired) electrons. The lowest BCUT2D eigenvalue weighted by Crippen LogP contribution is -2.24. The van der Waals surface area contributed by atoms with Crippen LogP contribution in [0.15, 0.2) is 36.4 Å². The molecule has 2 aromatic carbocycles. The summed E-state index contributed by atoms with van der Waals surface area (Å²) in [7, 11) is -3.46. The Balaban J connectivity index is 0.00000208. The molecule has 0 amide bonds. The van der Waals surface area contributed by atoms with E-state index in [1.165, 1.54) is 11.1 Å². The molecule has 0 spiro atoms. The van der Waals surface area contributed by atoms with Crippen LogP contribution in [0.3, 0.4) is 0 Å². The Bertz CT molecular complexity index is 821. The van der Waals surface area contributed by atoms with Gasteiger partial charge in [-0.3, -0.25) is 0 Å². The van der Waals surface area contributed by atoms with Crippen molar-refractivity contribution in [3.63, 3.8) is 0 Å². The maximum Gasteiger partial charge on any atom is 0.216 e. The third-order valence-corrected chi connectivity index (χ3v) is 5.41. The molecule has 0 aliphatic carbocycles. The van der Waals surface area contributed by atoms with E-state index < -0.39 is 10.0 Å². The van der Waals surface area contributed by atoms with E-state index in [1.54, 1.807) is 18.2 Å². The first-order chi connectivity index (χ1) is 10.9. The Labute approximate surface area is 158 Å². The van der Waals surface area contributed by atoms with Crippen LogP contribution < -0.4 is 10.0 Å². The van der Waals surface area contributed by atoms with Crippen LogP contribution in [0.2, 0.25) is 10.0 Å². The van der Waals surface area contributed by atoms with Crippen molar-refractivity contribution in [3.05, 3.63) is 68.7 Å². The van der Waals surface area contributed by atoms with E-state index in [2.05, 4.69) is 10.0 Å². The lowest BCUT2D eigenvalue weighted by molar-refractivity contribution is 0.580. The second kappa shape index (κ2) is 8.04. The molecule has 1 aliphatic heterocycles. The van der Waals surface area contributed by atoms with E-state index >= 15 is 0 Å². The highest BCUT2D eigenvalue weighted by atomic mass is 35.5. The summed E-state index contributed by atoms with van der Waals surface area (Å²) in [6.07, 6.45) is 0. The lowest BCUT2D eigenvalue weighted by atomic mass is 10.1. The summed E-state index contributed by atoms with van der Waals surface area (Å²) in [5.74, 6) is -0.153. The molecule has 130 valence electrons. The number of halogens is 3. The Morgan fingerprint density at radius 1 is 0.958 bits per heavy atom. The summed E-state index contributed by atoms with van der Waals surface area (Å²) in [5.41, 5.74) is 4.00. The van der Waals surface area contributed by atoms with E-state index in [9.17, 15) is 8.42 Å². The van der Waals surface area contributed by atoms with Crippen LogP contribution in [0.25, 0.3) is 0 Å². The standard InChI is InChI=1S/C16H16Cl2N2O2S.ClH/c17-15-4-12(5-16(18)6-15)10-23(21,22)20-7-11-1-2-13-8-19-9-14(13)3-11;/h1-6,19-20H,7-10H2;1H. The Kier molecular flexibility index (Phi) is 6.53. The molecule has 0 fully saturated rings. The Morgan fingerprint density at radius 3 is 2.33 bits per heavy atom. The fourth-order valence-corrected chi connectivity index (χ4v) is 4.28. The molecule has 0 saturated heterocycles. The van der Waals surface area contributed by atoms with Crippen LogP contribution in [-0.4, -0.2) is 8.42 Å². The van der Waals surface area contributed by atoms with E-state index in [0.29, 0.717) is 15.6 Å². The fraction of sp³-hybridized carbons (Fsp3) is 0.250. The molecular weight excluding hydrogens is 391 g/mol. The van der Waals surface area contributed by atoms with Crippen LogP contribution in [0, 0.1) is 0 Å². The number of sulfonamides is 1. The molecule has 0 bridgehead atoms. The zero-order chi connectivity index (χ0) is 16.4. The largest absolute Gasteiger partial charge is 0.309 e.